The van der Waals surface area contributed by atoms with Crippen LogP contribution >= 0.6 is 11.3 Å². The number of allylic oxidation sites excluding steroid dienone is 1. The van der Waals surface area contributed by atoms with Gasteiger partial charge >= 0.3 is 0 Å². The molecular formula is C11H18N2S. The molecule has 1 rings (SSSR count). The number of nitrogens with one attached hydrogen (secondary N) is 1. The molecule has 0 aliphatic rings. The van der Waals surface area contributed by atoms with Gasteiger partial charge in [-0.15, -0.1) is 11.3 Å². The largest absolute Gasteiger partial charge is 0.313 e. The average molecular weight is 210 g/mol. The van der Waals surface area contributed by atoms with Crippen LogP contribution in [0, 0.1) is 6.92 Å². The third kappa shape index (κ3) is 3.60. The standard InChI is InChI=1S/C11H18N2S/c1-8(2)5-10(12-4)6-11-13-9(3)7-14-11/h5,7,10,12H,6H2,1-4H3. The van der Waals surface area contributed by atoms with Gasteiger partial charge in [0.1, 0.15) is 0 Å². The summed E-state index contributed by atoms with van der Waals surface area (Å²) in [4.78, 5) is 4.45. The van der Waals surface area contributed by atoms with Gasteiger partial charge in [-0.05, 0) is 27.8 Å². The molecule has 1 N–H and O–H groups in total. The van der Waals surface area contributed by atoms with E-state index in [4.69, 9.17) is 0 Å². The summed E-state index contributed by atoms with van der Waals surface area (Å²) in [5.74, 6) is 0. The van der Waals surface area contributed by atoms with Crippen LogP contribution in [0.4, 0.5) is 0 Å². The summed E-state index contributed by atoms with van der Waals surface area (Å²) < 4.78 is 0. The van der Waals surface area contributed by atoms with Crippen molar-refractivity contribution in [2.24, 2.45) is 0 Å². The third-order valence-corrected chi connectivity index (χ3v) is 2.96. The highest BCUT2D eigenvalue weighted by Crippen LogP contribution is 2.12. The fourth-order valence-electron chi connectivity index (χ4n) is 1.33. The van der Waals surface area contributed by atoms with Gasteiger partial charge in [-0.3, -0.25) is 0 Å². The number of hydrogen-bond acceptors (Lipinski definition) is 3. The SMILES string of the molecule is CNC(C=C(C)C)Cc1nc(C)cs1. The van der Waals surface area contributed by atoms with E-state index in [1.165, 1.54) is 10.6 Å². The minimum atomic E-state index is 0.408. The van der Waals surface area contributed by atoms with Crippen molar-refractivity contribution in [3.63, 3.8) is 0 Å². The molecule has 1 heterocycles. The Morgan fingerprint density at radius 2 is 2.36 bits per heavy atom. The second-order valence-electron chi connectivity index (χ2n) is 3.73. The first-order valence-corrected chi connectivity index (χ1v) is 5.73. The molecule has 0 aliphatic heterocycles. The lowest BCUT2D eigenvalue weighted by Crippen LogP contribution is -2.25. The number of hydrogen-bond donors (Lipinski definition) is 1. The second kappa shape index (κ2) is 5.27. The first kappa shape index (κ1) is 11.4. The topological polar surface area (TPSA) is 24.9 Å². The van der Waals surface area contributed by atoms with Gasteiger partial charge in [-0.25, -0.2) is 4.98 Å². The number of nitrogens with zero attached hydrogens (tertiary/aromatic N) is 1. The molecule has 0 amide bonds. The van der Waals surface area contributed by atoms with Crippen molar-refractivity contribution in [1.82, 2.24) is 10.3 Å². The normalized spacial score (nSPS) is 12.6. The maximum atomic E-state index is 4.45. The number of likely N-dealkylation sites (N-methyl/N-ethyl adjacent to an activating group) is 1. The van der Waals surface area contributed by atoms with Gasteiger partial charge in [0, 0.05) is 23.5 Å². The van der Waals surface area contributed by atoms with E-state index in [-0.39, 0.29) is 0 Å². The first-order chi connectivity index (χ1) is 6.61. The predicted octanol–water partition coefficient (Wildman–Crippen LogP) is 2.55. The van der Waals surface area contributed by atoms with Crippen molar-refractivity contribution in [3.05, 3.63) is 27.7 Å². The molecule has 1 atom stereocenters. The number of rotatable bonds is 4. The van der Waals surface area contributed by atoms with Crippen LogP contribution in [0.5, 0.6) is 0 Å². The Bertz CT molecular complexity index is 311. The van der Waals surface area contributed by atoms with Crippen molar-refractivity contribution in [2.75, 3.05) is 7.05 Å². The Hall–Kier alpha value is -0.670. The molecule has 3 heteroatoms. The zero-order chi connectivity index (χ0) is 10.6. The summed E-state index contributed by atoms with van der Waals surface area (Å²) in [5.41, 5.74) is 2.47. The van der Waals surface area contributed by atoms with Gasteiger partial charge in [0.15, 0.2) is 0 Å². The lowest BCUT2D eigenvalue weighted by atomic mass is 10.1. The van der Waals surface area contributed by atoms with Gasteiger partial charge in [-0.2, -0.15) is 0 Å². The van der Waals surface area contributed by atoms with Crippen LogP contribution in [0.1, 0.15) is 24.5 Å². The van der Waals surface area contributed by atoms with E-state index in [2.05, 4.69) is 35.6 Å². The monoisotopic (exact) mass is 210 g/mol. The van der Waals surface area contributed by atoms with Gasteiger partial charge in [0.05, 0.1) is 5.01 Å². The summed E-state index contributed by atoms with van der Waals surface area (Å²) in [5, 5.41) is 6.59. The van der Waals surface area contributed by atoms with Crippen molar-refractivity contribution in [1.29, 1.82) is 0 Å². The molecule has 0 saturated heterocycles. The van der Waals surface area contributed by atoms with Gasteiger partial charge in [-0.1, -0.05) is 11.6 Å². The fourth-order valence-corrected chi connectivity index (χ4v) is 2.16. The summed E-state index contributed by atoms with van der Waals surface area (Å²) in [6, 6.07) is 0.408. The molecule has 0 aliphatic carbocycles. The predicted molar refractivity (Wildman–Crippen MR) is 62.8 cm³/mol. The van der Waals surface area contributed by atoms with Crippen LogP contribution < -0.4 is 5.32 Å². The van der Waals surface area contributed by atoms with Gasteiger partial charge in [0.2, 0.25) is 0 Å². The van der Waals surface area contributed by atoms with Crippen LogP contribution in [0.25, 0.3) is 0 Å². The lowest BCUT2D eigenvalue weighted by Gasteiger charge is -2.10. The second-order valence-corrected chi connectivity index (χ2v) is 4.67. The Balaban J connectivity index is 2.61. The lowest BCUT2D eigenvalue weighted by molar-refractivity contribution is 0.657. The number of aryl methyl sites for hydroxylation is 1. The Kier molecular flexibility index (Phi) is 4.29. The highest BCUT2D eigenvalue weighted by atomic mass is 32.1. The Morgan fingerprint density at radius 1 is 1.64 bits per heavy atom. The van der Waals surface area contributed by atoms with E-state index in [1.807, 2.05) is 14.0 Å². The molecule has 1 aromatic heterocycles. The van der Waals surface area contributed by atoms with E-state index in [9.17, 15) is 0 Å². The summed E-state index contributed by atoms with van der Waals surface area (Å²) in [6.45, 7) is 6.28. The zero-order valence-electron chi connectivity index (χ0n) is 9.29. The maximum absolute atomic E-state index is 4.45. The zero-order valence-corrected chi connectivity index (χ0v) is 10.1. The van der Waals surface area contributed by atoms with E-state index < -0.39 is 0 Å². The van der Waals surface area contributed by atoms with Crippen molar-refractivity contribution < 1.29 is 0 Å². The van der Waals surface area contributed by atoms with Gasteiger partial charge in [0.25, 0.3) is 0 Å². The van der Waals surface area contributed by atoms with E-state index >= 15 is 0 Å². The molecule has 1 aromatic rings. The Morgan fingerprint density at radius 3 is 2.79 bits per heavy atom. The van der Waals surface area contributed by atoms with Gasteiger partial charge < -0.3 is 5.32 Å². The van der Waals surface area contributed by atoms with Crippen molar-refractivity contribution >= 4 is 11.3 Å². The minimum Gasteiger partial charge on any atom is -0.313 e. The quantitative estimate of drug-likeness (QED) is 0.773. The summed E-state index contributed by atoms with van der Waals surface area (Å²) >= 11 is 1.74. The van der Waals surface area contributed by atoms with E-state index in [0.717, 1.165) is 12.1 Å². The molecule has 0 spiro atoms. The molecule has 2 nitrogen and oxygen atoms in total. The van der Waals surface area contributed by atoms with Crippen LogP contribution in [0.2, 0.25) is 0 Å². The number of thiazole rings is 1. The van der Waals surface area contributed by atoms with Crippen LogP contribution in [0.15, 0.2) is 17.0 Å². The average Bonchev–Trinajstić information content (AvgIpc) is 2.49. The highest BCUT2D eigenvalue weighted by molar-refractivity contribution is 7.09. The van der Waals surface area contributed by atoms with Crippen LogP contribution in [-0.4, -0.2) is 18.1 Å². The molecule has 0 radical (unpaired) electrons. The van der Waals surface area contributed by atoms with E-state index in [0.29, 0.717) is 6.04 Å². The van der Waals surface area contributed by atoms with E-state index in [1.54, 1.807) is 11.3 Å². The van der Waals surface area contributed by atoms with Crippen molar-refractivity contribution in [2.45, 2.75) is 33.2 Å². The van der Waals surface area contributed by atoms with Crippen LogP contribution in [0.3, 0.4) is 0 Å². The Labute approximate surface area is 90.1 Å². The highest BCUT2D eigenvalue weighted by Gasteiger charge is 2.06. The molecule has 1 unspecified atom stereocenters. The molecular weight excluding hydrogens is 192 g/mol. The molecule has 0 fully saturated rings. The molecule has 0 saturated carbocycles. The summed E-state index contributed by atoms with van der Waals surface area (Å²) in [7, 11) is 1.99. The fraction of sp³-hybridized carbons (Fsp3) is 0.545. The van der Waals surface area contributed by atoms with Crippen LogP contribution in [-0.2, 0) is 6.42 Å². The molecule has 0 aromatic carbocycles. The minimum absolute atomic E-state index is 0.408. The summed E-state index contributed by atoms with van der Waals surface area (Å²) in [6.07, 6.45) is 3.23. The van der Waals surface area contributed by atoms with Crippen molar-refractivity contribution in [3.8, 4) is 0 Å². The third-order valence-electron chi connectivity index (χ3n) is 1.97. The smallest absolute Gasteiger partial charge is 0.0946 e. The molecule has 14 heavy (non-hydrogen) atoms. The number of aromatic nitrogens is 1. The molecule has 78 valence electrons. The maximum Gasteiger partial charge on any atom is 0.0946 e. The molecule has 0 bridgehead atoms. The first-order valence-electron chi connectivity index (χ1n) is 4.85.